The number of ether oxygens (including phenoxy) is 1. The van der Waals surface area contributed by atoms with Crippen molar-refractivity contribution in [3.63, 3.8) is 0 Å². The van der Waals surface area contributed by atoms with Crippen molar-refractivity contribution in [2.24, 2.45) is 0 Å². The summed E-state index contributed by atoms with van der Waals surface area (Å²) in [7, 11) is 1.50. The molecule has 2 heterocycles. The molecule has 2 N–H and O–H groups in total. The molecule has 0 aliphatic rings. The number of hydrogen-bond donors (Lipinski definition) is 2. The second-order valence-corrected chi connectivity index (χ2v) is 4.77. The third-order valence-electron chi connectivity index (χ3n) is 2.38. The molecule has 0 aromatic carbocycles. The first-order valence-corrected chi connectivity index (χ1v) is 6.50. The van der Waals surface area contributed by atoms with Gasteiger partial charge in [-0.2, -0.15) is 0 Å². The van der Waals surface area contributed by atoms with E-state index in [0.717, 1.165) is 11.3 Å². The number of carboxylic acid groups (broad SMARTS) is 1. The summed E-state index contributed by atoms with van der Waals surface area (Å²) < 4.78 is 10.1. The van der Waals surface area contributed by atoms with Gasteiger partial charge >= 0.3 is 6.09 Å². The van der Waals surface area contributed by atoms with Crippen LogP contribution in [0.15, 0.2) is 22.8 Å². The van der Waals surface area contributed by atoms with E-state index < -0.39 is 6.09 Å². The molecule has 0 unspecified atom stereocenters. The van der Waals surface area contributed by atoms with Crippen LogP contribution in [0.3, 0.4) is 0 Å². The van der Waals surface area contributed by atoms with Crippen molar-refractivity contribution in [2.75, 3.05) is 19.0 Å². The van der Waals surface area contributed by atoms with Crippen LogP contribution < -0.4 is 5.32 Å². The van der Waals surface area contributed by atoms with Crippen molar-refractivity contribution in [1.29, 1.82) is 0 Å². The number of anilines is 1. The highest BCUT2D eigenvalue weighted by Gasteiger charge is 2.21. The number of Topliss-reactive ketones (excluding diaryl/α,β-unsaturated/α-hetero) is 1. The lowest BCUT2D eigenvalue weighted by molar-refractivity contribution is 0.0936. The monoisotopic (exact) mass is 296 g/mol. The molecule has 0 fully saturated rings. The number of nitrogens with one attached hydrogen (secondary N) is 1. The van der Waals surface area contributed by atoms with E-state index >= 15 is 0 Å². The van der Waals surface area contributed by atoms with Gasteiger partial charge in [-0.25, -0.2) is 9.78 Å². The first-order valence-electron chi connectivity index (χ1n) is 5.68. The quantitative estimate of drug-likeness (QED) is 0.795. The smallest absolute Gasteiger partial charge is 0.410 e. The molecular formula is C12H12N2O5S. The number of aromatic nitrogens is 1. The Hall–Kier alpha value is -2.19. The first kappa shape index (κ1) is 14.2. The van der Waals surface area contributed by atoms with Crippen molar-refractivity contribution >= 4 is 28.3 Å². The average Bonchev–Trinajstić information content (AvgIpc) is 3.03. The van der Waals surface area contributed by atoms with Crippen LogP contribution in [-0.2, 0) is 4.74 Å². The van der Waals surface area contributed by atoms with Crippen LogP contribution in [0.4, 0.5) is 9.93 Å². The van der Waals surface area contributed by atoms with Gasteiger partial charge in [-0.3, -0.25) is 10.1 Å². The zero-order valence-electron chi connectivity index (χ0n) is 10.6. The maximum atomic E-state index is 12.1. The predicted molar refractivity (Wildman–Crippen MR) is 72.3 cm³/mol. The molecule has 1 amide bonds. The number of amides is 1. The normalized spacial score (nSPS) is 10.4. The number of furan rings is 1. The Bertz CT molecular complexity index is 605. The third kappa shape index (κ3) is 3.22. The average molecular weight is 296 g/mol. The fraction of sp³-hybridized carbons (Fsp3) is 0.250. The fourth-order valence-corrected chi connectivity index (χ4v) is 2.47. The molecule has 7 nitrogen and oxygen atoms in total. The highest BCUT2D eigenvalue weighted by Crippen LogP contribution is 2.32. The van der Waals surface area contributed by atoms with E-state index in [0.29, 0.717) is 16.3 Å². The van der Waals surface area contributed by atoms with Crippen molar-refractivity contribution in [3.8, 4) is 11.5 Å². The molecule has 106 valence electrons. The van der Waals surface area contributed by atoms with Crippen molar-refractivity contribution in [3.05, 3.63) is 23.3 Å². The molecule has 0 bridgehead atoms. The molecule has 0 saturated heterocycles. The van der Waals surface area contributed by atoms with Gasteiger partial charge in [0.25, 0.3) is 0 Å². The van der Waals surface area contributed by atoms with Gasteiger partial charge in [0.2, 0.25) is 0 Å². The maximum absolute atomic E-state index is 12.1. The Labute approximate surface area is 118 Å². The summed E-state index contributed by atoms with van der Waals surface area (Å²) >= 11 is 0.976. The molecule has 0 atom stereocenters. The van der Waals surface area contributed by atoms with Gasteiger partial charge in [0.1, 0.15) is 10.6 Å². The molecule has 0 radical (unpaired) electrons. The molecule has 0 aliphatic carbocycles. The van der Waals surface area contributed by atoms with Crippen molar-refractivity contribution in [2.45, 2.75) is 6.42 Å². The van der Waals surface area contributed by atoms with Crippen LogP contribution >= 0.6 is 11.3 Å². The largest absolute Gasteiger partial charge is 0.465 e. The molecule has 0 aliphatic heterocycles. The number of carbonyl (C=O) groups is 2. The molecule has 2 aromatic rings. The van der Waals surface area contributed by atoms with Crippen LogP contribution in [0, 0.1) is 0 Å². The Morgan fingerprint density at radius 2 is 2.35 bits per heavy atom. The zero-order chi connectivity index (χ0) is 14.5. The SMILES string of the molecule is COCCC(=O)c1sc(NC(=O)O)nc1-c1ccco1. The van der Waals surface area contributed by atoms with E-state index in [1.807, 2.05) is 0 Å². The summed E-state index contributed by atoms with van der Waals surface area (Å²) in [5.74, 6) is 0.245. The number of carbonyl (C=O) groups excluding carboxylic acids is 1. The van der Waals surface area contributed by atoms with Crippen molar-refractivity contribution < 1.29 is 23.8 Å². The zero-order valence-corrected chi connectivity index (χ0v) is 11.4. The third-order valence-corrected chi connectivity index (χ3v) is 3.39. The molecule has 8 heteroatoms. The minimum Gasteiger partial charge on any atom is -0.465 e. The number of rotatable bonds is 6. The molecule has 0 saturated carbocycles. The number of hydrogen-bond acceptors (Lipinski definition) is 6. The van der Waals surface area contributed by atoms with E-state index in [9.17, 15) is 9.59 Å². The lowest BCUT2D eigenvalue weighted by atomic mass is 10.2. The summed E-state index contributed by atoms with van der Waals surface area (Å²) in [5.41, 5.74) is 0.338. The number of ketones is 1. The van der Waals surface area contributed by atoms with E-state index in [-0.39, 0.29) is 23.9 Å². The van der Waals surface area contributed by atoms with Gasteiger partial charge in [-0.1, -0.05) is 11.3 Å². The topological polar surface area (TPSA) is 102 Å². The maximum Gasteiger partial charge on any atom is 0.410 e. The second kappa shape index (κ2) is 6.31. The number of nitrogens with zero attached hydrogens (tertiary/aromatic N) is 1. The molecule has 0 spiro atoms. The Morgan fingerprint density at radius 3 is 2.95 bits per heavy atom. The first-order chi connectivity index (χ1) is 9.61. The van der Waals surface area contributed by atoms with E-state index in [1.54, 1.807) is 12.1 Å². The highest BCUT2D eigenvalue weighted by atomic mass is 32.1. The molecule has 20 heavy (non-hydrogen) atoms. The van der Waals surface area contributed by atoms with Crippen LogP contribution in [0.1, 0.15) is 16.1 Å². The van der Waals surface area contributed by atoms with E-state index in [1.165, 1.54) is 13.4 Å². The van der Waals surface area contributed by atoms with Crippen molar-refractivity contribution in [1.82, 2.24) is 4.98 Å². The predicted octanol–water partition coefficient (Wildman–Crippen LogP) is 2.71. The minimum atomic E-state index is -1.24. The minimum absolute atomic E-state index is 0.129. The van der Waals surface area contributed by atoms with Gasteiger partial charge in [0.15, 0.2) is 16.7 Å². The van der Waals surface area contributed by atoms with E-state index in [2.05, 4.69) is 10.3 Å². The van der Waals surface area contributed by atoms with E-state index in [4.69, 9.17) is 14.3 Å². The summed E-state index contributed by atoms with van der Waals surface area (Å²) in [4.78, 5) is 27.2. The lowest BCUT2D eigenvalue weighted by Gasteiger charge is -1.98. The standard InChI is InChI=1S/C12H12N2O5S/c1-18-6-4-7(15)10-9(8-3-2-5-19-8)13-11(20-10)14-12(16)17/h2-3,5H,4,6H2,1H3,(H,13,14)(H,16,17). The fourth-order valence-electron chi connectivity index (χ4n) is 1.54. The van der Waals surface area contributed by atoms with Gasteiger partial charge in [0, 0.05) is 13.5 Å². The van der Waals surface area contributed by atoms with Gasteiger partial charge < -0.3 is 14.3 Å². The number of methoxy groups -OCH3 is 1. The van der Waals surface area contributed by atoms with Crippen LogP contribution in [0.25, 0.3) is 11.5 Å². The lowest BCUT2D eigenvalue weighted by Crippen LogP contribution is -2.06. The summed E-state index contributed by atoms with van der Waals surface area (Å²) in [6.45, 7) is 0.288. The highest BCUT2D eigenvalue weighted by molar-refractivity contribution is 7.18. The van der Waals surface area contributed by atoms with Crippen LogP contribution in [0.2, 0.25) is 0 Å². The van der Waals surface area contributed by atoms with Gasteiger partial charge in [-0.15, -0.1) is 0 Å². The van der Waals surface area contributed by atoms with Gasteiger partial charge in [-0.05, 0) is 12.1 Å². The summed E-state index contributed by atoms with van der Waals surface area (Å²) in [6, 6.07) is 3.33. The summed E-state index contributed by atoms with van der Waals surface area (Å²) in [5, 5.41) is 11.0. The molecule has 2 aromatic heterocycles. The van der Waals surface area contributed by atoms with Crippen LogP contribution in [0.5, 0.6) is 0 Å². The van der Waals surface area contributed by atoms with Crippen LogP contribution in [-0.4, -0.2) is 35.7 Å². The Kier molecular flexibility index (Phi) is 4.49. The Balaban J connectivity index is 2.34. The number of thiazole rings is 1. The molecular weight excluding hydrogens is 284 g/mol. The summed E-state index contributed by atoms with van der Waals surface area (Å²) in [6.07, 6.45) is 0.419. The second-order valence-electron chi connectivity index (χ2n) is 3.77. The Morgan fingerprint density at radius 1 is 1.55 bits per heavy atom. The molecule has 2 rings (SSSR count). The van der Waals surface area contributed by atoms with Gasteiger partial charge in [0.05, 0.1) is 12.9 Å².